The van der Waals surface area contributed by atoms with E-state index < -0.39 is 0 Å². The van der Waals surface area contributed by atoms with Crippen molar-refractivity contribution in [2.75, 3.05) is 6.54 Å². The minimum Gasteiger partial charge on any atom is -0.472 e. The van der Waals surface area contributed by atoms with Gasteiger partial charge in [0.05, 0.1) is 5.56 Å². The van der Waals surface area contributed by atoms with Crippen LogP contribution in [0.25, 0.3) is 0 Å². The molecule has 0 amide bonds. The molecule has 6 heteroatoms. The van der Waals surface area contributed by atoms with Crippen LogP contribution in [-0.4, -0.2) is 33.5 Å². The molecule has 0 atom stereocenters. The van der Waals surface area contributed by atoms with Crippen LogP contribution in [0.3, 0.4) is 0 Å². The minimum atomic E-state index is -0.329. The second kappa shape index (κ2) is 8.46. The summed E-state index contributed by atoms with van der Waals surface area (Å²) in [7, 11) is 0. The number of oxime groups is 1. The number of aryl methyl sites for hydroxylation is 1. The summed E-state index contributed by atoms with van der Waals surface area (Å²) in [6.45, 7) is 8.55. The standard InChI is InChI=1S/C19H24FN3O2/c1-5-23(13(2)3)18(22-24)16-11-10-14(4)21-19(16)25-12-15-8-6-7-9-17(15)20/h6-11,13,24H,5,12H2,1-4H3/b22-18-. The summed E-state index contributed by atoms with van der Waals surface area (Å²) in [6.07, 6.45) is 0. The molecule has 5 nitrogen and oxygen atoms in total. The number of benzene rings is 1. The zero-order chi connectivity index (χ0) is 18.4. The van der Waals surface area contributed by atoms with Crippen LogP contribution < -0.4 is 4.74 Å². The molecule has 0 saturated carbocycles. The lowest BCUT2D eigenvalue weighted by atomic mass is 10.1. The Balaban J connectivity index is 2.35. The van der Waals surface area contributed by atoms with Crippen molar-refractivity contribution < 1.29 is 14.3 Å². The number of hydrogen-bond acceptors (Lipinski definition) is 4. The van der Waals surface area contributed by atoms with Gasteiger partial charge in [-0.05, 0) is 45.9 Å². The summed E-state index contributed by atoms with van der Waals surface area (Å²) in [5, 5.41) is 13.0. The maximum absolute atomic E-state index is 13.8. The lowest BCUT2D eigenvalue weighted by molar-refractivity contribution is 0.277. The number of halogens is 1. The SMILES string of the molecule is CCN(/C(=N\O)c1ccc(C)nc1OCc1ccccc1F)C(C)C. The van der Waals surface area contributed by atoms with Crippen LogP contribution in [0, 0.1) is 12.7 Å². The van der Waals surface area contributed by atoms with Crippen molar-refractivity contribution in [2.45, 2.75) is 40.3 Å². The van der Waals surface area contributed by atoms with Crippen molar-refractivity contribution in [1.29, 1.82) is 0 Å². The first-order valence-electron chi connectivity index (χ1n) is 8.30. The molecular formula is C19H24FN3O2. The van der Waals surface area contributed by atoms with Gasteiger partial charge in [0.25, 0.3) is 0 Å². The van der Waals surface area contributed by atoms with E-state index in [1.807, 2.05) is 38.7 Å². The van der Waals surface area contributed by atoms with Crippen molar-refractivity contribution in [3.8, 4) is 5.88 Å². The molecule has 1 aromatic heterocycles. The molecule has 25 heavy (non-hydrogen) atoms. The molecule has 0 fully saturated rings. The number of hydrogen-bond donors (Lipinski definition) is 1. The van der Waals surface area contributed by atoms with E-state index in [4.69, 9.17) is 4.74 Å². The number of aromatic nitrogens is 1. The minimum absolute atomic E-state index is 0.0443. The quantitative estimate of drug-likeness (QED) is 0.372. The largest absolute Gasteiger partial charge is 0.472 e. The molecule has 0 radical (unpaired) electrons. The Morgan fingerprint density at radius 2 is 2.00 bits per heavy atom. The molecule has 0 saturated heterocycles. The van der Waals surface area contributed by atoms with Gasteiger partial charge in [0.15, 0.2) is 5.84 Å². The van der Waals surface area contributed by atoms with Gasteiger partial charge in [0.1, 0.15) is 12.4 Å². The molecule has 0 bridgehead atoms. The summed E-state index contributed by atoms with van der Waals surface area (Å²) in [4.78, 5) is 6.33. The molecule has 0 aliphatic heterocycles. The van der Waals surface area contributed by atoms with Gasteiger partial charge in [-0.1, -0.05) is 23.4 Å². The lowest BCUT2D eigenvalue weighted by Crippen LogP contribution is -2.37. The van der Waals surface area contributed by atoms with Gasteiger partial charge in [0.2, 0.25) is 5.88 Å². The van der Waals surface area contributed by atoms with Crippen LogP contribution in [0.5, 0.6) is 5.88 Å². The summed E-state index contributed by atoms with van der Waals surface area (Å²) >= 11 is 0. The predicted molar refractivity (Wildman–Crippen MR) is 95.5 cm³/mol. The fourth-order valence-corrected chi connectivity index (χ4v) is 2.60. The molecule has 0 spiro atoms. The highest BCUT2D eigenvalue weighted by atomic mass is 19.1. The average Bonchev–Trinajstić information content (AvgIpc) is 2.59. The van der Waals surface area contributed by atoms with Crippen molar-refractivity contribution in [2.24, 2.45) is 5.16 Å². The van der Waals surface area contributed by atoms with Gasteiger partial charge in [-0.3, -0.25) is 0 Å². The number of nitrogens with zero attached hydrogens (tertiary/aromatic N) is 3. The predicted octanol–water partition coefficient (Wildman–Crippen LogP) is 3.97. The molecule has 0 aliphatic rings. The monoisotopic (exact) mass is 345 g/mol. The average molecular weight is 345 g/mol. The number of pyridine rings is 1. The fraction of sp³-hybridized carbons (Fsp3) is 0.368. The van der Waals surface area contributed by atoms with E-state index in [-0.39, 0.29) is 18.5 Å². The molecule has 2 aromatic rings. The number of rotatable bonds is 6. The van der Waals surface area contributed by atoms with E-state index in [1.54, 1.807) is 24.3 Å². The van der Waals surface area contributed by atoms with E-state index in [2.05, 4.69) is 10.1 Å². The fourth-order valence-electron chi connectivity index (χ4n) is 2.60. The second-order valence-corrected chi connectivity index (χ2v) is 5.99. The maximum atomic E-state index is 13.8. The molecule has 134 valence electrons. The molecular weight excluding hydrogens is 321 g/mol. The summed E-state index contributed by atoms with van der Waals surface area (Å²) in [6, 6.07) is 10.2. The van der Waals surface area contributed by atoms with Crippen molar-refractivity contribution >= 4 is 5.84 Å². The van der Waals surface area contributed by atoms with Crippen molar-refractivity contribution in [3.63, 3.8) is 0 Å². The molecule has 1 N–H and O–H groups in total. The molecule has 1 aromatic carbocycles. The first kappa shape index (κ1) is 18.7. The molecule has 1 heterocycles. The van der Waals surface area contributed by atoms with Crippen LogP contribution in [0.2, 0.25) is 0 Å². The van der Waals surface area contributed by atoms with Crippen molar-refractivity contribution in [3.05, 3.63) is 59.0 Å². The van der Waals surface area contributed by atoms with E-state index >= 15 is 0 Å². The van der Waals surface area contributed by atoms with Gasteiger partial charge < -0.3 is 14.8 Å². The summed E-state index contributed by atoms with van der Waals surface area (Å²) in [5.74, 6) is 0.369. The van der Waals surface area contributed by atoms with Crippen molar-refractivity contribution in [1.82, 2.24) is 9.88 Å². The first-order chi connectivity index (χ1) is 12.0. The van der Waals surface area contributed by atoms with Crippen LogP contribution in [0.1, 0.15) is 37.6 Å². The normalized spacial score (nSPS) is 11.7. The highest BCUT2D eigenvalue weighted by Gasteiger charge is 2.21. The number of ether oxygens (including phenoxy) is 1. The Morgan fingerprint density at radius 1 is 1.28 bits per heavy atom. The topological polar surface area (TPSA) is 58.0 Å². The van der Waals surface area contributed by atoms with Gasteiger partial charge in [-0.2, -0.15) is 0 Å². The van der Waals surface area contributed by atoms with Gasteiger partial charge in [0, 0.05) is 23.8 Å². The third-order valence-corrected chi connectivity index (χ3v) is 3.89. The molecule has 2 rings (SSSR count). The van der Waals surface area contributed by atoms with Gasteiger partial charge in [-0.25, -0.2) is 9.37 Å². The third kappa shape index (κ3) is 4.47. The van der Waals surface area contributed by atoms with Crippen LogP contribution in [0.15, 0.2) is 41.6 Å². The zero-order valence-corrected chi connectivity index (χ0v) is 15.0. The zero-order valence-electron chi connectivity index (χ0n) is 15.0. The van der Waals surface area contributed by atoms with E-state index in [1.165, 1.54) is 6.07 Å². The Labute approximate surface area is 147 Å². The lowest BCUT2D eigenvalue weighted by Gasteiger charge is -2.28. The van der Waals surface area contributed by atoms with Crippen LogP contribution in [-0.2, 0) is 6.61 Å². The highest BCUT2D eigenvalue weighted by molar-refractivity contribution is 6.00. The Morgan fingerprint density at radius 3 is 2.60 bits per heavy atom. The first-order valence-corrected chi connectivity index (χ1v) is 8.30. The molecule has 0 aliphatic carbocycles. The Bertz CT molecular complexity index is 747. The van der Waals surface area contributed by atoms with Crippen LogP contribution in [0.4, 0.5) is 4.39 Å². The van der Waals surface area contributed by atoms with E-state index in [9.17, 15) is 9.60 Å². The van der Waals surface area contributed by atoms with E-state index in [0.29, 0.717) is 29.4 Å². The summed E-state index contributed by atoms with van der Waals surface area (Å²) < 4.78 is 19.6. The van der Waals surface area contributed by atoms with Crippen LogP contribution >= 0.6 is 0 Å². The summed E-state index contributed by atoms with van der Waals surface area (Å²) in [5.41, 5.74) is 1.77. The Hall–Kier alpha value is -2.63. The molecule has 0 unspecified atom stereocenters. The smallest absolute Gasteiger partial charge is 0.225 e. The van der Waals surface area contributed by atoms with Gasteiger partial charge in [-0.15, -0.1) is 0 Å². The number of amidine groups is 1. The highest BCUT2D eigenvalue weighted by Crippen LogP contribution is 2.22. The maximum Gasteiger partial charge on any atom is 0.225 e. The second-order valence-electron chi connectivity index (χ2n) is 5.99. The van der Waals surface area contributed by atoms with Gasteiger partial charge >= 0.3 is 0 Å². The Kier molecular flexibility index (Phi) is 6.33. The third-order valence-electron chi connectivity index (χ3n) is 3.89. The van der Waals surface area contributed by atoms with E-state index in [0.717, 1.165) is 5.69 Å².